The summed E-state index contributed by atoms with van der Waals surface area (Å²) in [5.41, 5.74) is -0.970. The average Bonchev–Trinajstić information content (AvgIpc) is 3.06. The predicted molar refractivity (Wildman–Crippen MR) is 81.6 cm³/mol. The van der Waals surface area contributed by atoms with E-state index in [0.717, 1.165) is 4.88 Å². The van der Waals surface area contributed by atoms with Gasteiger partial charge in [0, 0.05) is 10.1 Å². The first kappa shape index (κ1) is 14.9. The lowest BCUT2D eigenvalue weighted by molar-refractivity contribution is -0.119. The van der Waals surface area contributed by atoms with E-state index in [9.17, 15) is 9.90 Å². The molecule has 2 N–H and O–H groups in total. The van der Waals surface area contributed by atoms with Crippen molar-refractivity contribution in [3.63, 3.8) is 0 Å². The molecule has 0 radical (unpaired) electrons. The Morgan fingerprint density at radius 1 is 1.58 bits per heavy atom. The van der Waals surface area contributed by atoms with Gasteiger partial charge in [-0.3, -0.25) is 4.79 Å². The van der Waals surface area contributed by atoms with Crippen LogP contribution < -0.4 is 5.32 Å². The van der Waals surface area contributed by atoms with E-state index < -0.39 is 5.60 Å². The van der Waals surface area contributed by atoms with Crippen LogP contribution in [0.2, 0.25) is 0 Å². The molecule has 0 unspecified atom stereocenters. The van der Waals surface area contributed by atoms with Crippen molar-refractivity contribution in [2.45, 2.75) is 43.5 Å². The number of thioether (sulfide) groups is 1. The summed E-state index contributed by atoms with van der Waals surface area (Å²) in [5, 5.41) is 15.7. The fourth-order valence-corrected chi connectivity index (χ4v) is 4.19. The van der Waals surface area contributed by atoms with Crippen LogP contribution in [0.5, 0.6) is 0 Å². The van der Waals surface area contributed by atoms with Gasteiger partial charge in [-0.25, -0.2) is 0 Å². The minimum absolute atomic E-state index is 0.0220. The Labute approximate surface area is 122 Å². The fourth-order valence-electron chi connectivity index (χ4n) is 2.24. The maximum absolute atomic E-state index is 11.8. The fraction of sp³-hybridized carbons (Fsp3) is 0.643. The maximum atomic E-state index is 11.8. The summed E-state index contributed by atoms with van der Waals surface area (Å²) in [6.45, 7) is 2.01. The van der Waals surface area contributed by atoms with Gasteiger partial charge in [-0.2, -0.15) is 0 Å². The minimum Gasteiger partial charge on any atom is -0.383 e. The van der Waals surface area contributed by atoms with E-state index in [4.69, 9.17) is 0 Å². The summed E-state index contributed by atoms with van der Waals surface area (Å²) >= 11 is 3.26. The number of carbonyl (C=O) groups is 1. The summed E-state index contributed by atoms with van der Waals surface area (Å²) in [7, 11) is 0. The van der Waals surface area contributed by atoms with Crippen LogP contribution in [0.4, 0.5) is 0 Å². The van der Waals surface area contributed by atoms with Crippen LogP contribution in [-0.4, -0.2) is 28.6 Å². The van der Waals surface area contributed by atoms with Crippen molar-refractivity contribution in [2.75, 3.05) is 12.3 Å². The minimum atomic E-state index is -0.970. The molecule has 0 aromatic carbocycles. The van der Waals surface area contributed by atoms with Gasteiger partial charge in [-0.05, 0) is 31.2 Å². The van der Waals surface area contributed by atoms with Crippen molar-refractivity contribution in [1.82, 2.24) is 5.32 Å². The Hall–Kier alpha value is -0.520. The number of hydrogen-bond donors (Lipinski definition) is 2. The molecule has 1 aliphatic rings. The van der Waals surface area contributed by atoms with Gasteiger partial charge in [0.2, 0.25) is 5.91 Å². The van der Waals surface area contributed by atoms with Crippen LogP contribution in [0, 0.1) is 0 Å². The lowest BCUT2D eigenvalue weighted by Gasteiger charge is -2.22. The van der Waals surface area contributed by atoms with Crippen molar-refractivity contribution in [1.29, 1.82) is 0 Å². The first-order chi connectivity index (χ1) is 9.08. The van der Waals surface area contributed by atoms with E-state index in [1.54, 1.807) is 18.7 Å². The smallest absolute Gasteiger partial charge is 0.230 e. The van der Waals surface area contributed by atoms with Gasteiger partial charge in [0.1, 0.15) is 5.60 Å². The van der Waals surface area contributed by atoms with E-state index in [1.807, 2.05) is 17.5 Å². The molecule has 1 aliphatic carbocycles. The lowest BCUT2D eigenvalue weighted by Crippen LogP contribution is -2.39. The molecule has 1 heterocycles. The predicted octanol–water partition coefficient (Wildman–Crippen LogP) is 2.75. The van der Waals surface area contributed by atoms with Crippen molar-refractivity contribution < 1.29 is 9.90 Å². The second-order valence-corrected chi connectivity index (χ2v) is 7.48. The largest absolute Gasteiger partial charge is 0.383 e. The molecule has 0 aliphatic heterocycles. The van der Waals surface area contributed by atoms with E-state index >= 15 is 0 Å². The number of amides is 1. The quantitative estimate of drug-likeness (QED) is 0.849. The highest BCUT2D eigenvalue weighted by molar-refractivity contribution is 8.00. The first-order valence-corrected chi connectivity index (χ1v) is 8.65. The second kappa shape index (κ2) is 6.77. The van der Waals surface area contributed by atoms with Crippen LogP contribution >= 0.6 is 23.1 Å². The van der Waals surface area contributed by atoms with Gasteiger partial charge < -0.3 is 10.4 Å². The first-order valence-electron chi connectivity index (χ1n) is 6.72. The Balaban J connectivity index is 1.70. The van der Waals surface area contributed by atoms with Crippen molar-refractivity contribution in [2.24, 2.45) is 0 Å². The molecule has 3 nitrogen and oxygen atoms in total. The average molecular weight is 299 g/mol. The zero-order chi connectivity index (χ0) is 13.7. The number of aliphatic hydroxyl groups is 1. The number of hydrogen-bond acceptors (Lipinski definition) is 4. The number of thiophene rings is 1. The van der Waals surface area contributed by atoms with Crippen molar-refractivity contribution in [3.8, 4) is 0 Å². The summed E-state index contributed by atoms with van der Waals surface area (Å²) < 4.78 is 0. The summed E-state index contributed by atoms with van der Waals surface area (Å²) in [4.78, 5) is 12.7. The number of nitrogens with one attached hydrogen (secondary N) is 1. The topological polar surface area (TPSA) is 49.3 Å². The van der Waals surface area contributed by atoms with Crippen molar-refractivity contribution >= 4 is 29.0 Å². The standard InChI is InChI=1S/C14H21NO2S2/c1-14(17,12-7-4-8-18-12)10-15-13(16)9-19-11-5-2-3-6-11/h4,7-8,11,17H,2-3,5-6,9-10H2,1H3,(H,15,16)/t14-/m0/s1. The van der Waals surface area contributed by atoms with Crippen LogP contribution in [0.1, 0.15) is 37.5 Å². The molecule has 0 bridgehead atoms. The molecule has 1 fully saturated rings. The summed E-state index contributed by atoms with van der Waals surface area (Å²) in [5.74, 6) is 0.527. The molecule has 1 amide bonds. The Morgan fingerprint density at radius 2 is 2.32 bits per heavy atom. The normalized spacial score (nSPS) is 19.3. The Morgan fingerprint density at radius 3 is 2.95 bits per heavy atom. The Kier molecular flexibility index (Phi) is 5.30. The van der Waals surface area contributed by atoms with Gasteiger partial charge in [0.25, 0.3) is 0 Å². The molecule has 1 aromatic heterocycles. The molecule has 0 spiro atoms. The summed E-state index contributed by atoms with van der Waals surface area (Å²) in [6, 6.07) is 3.80. The molecular formula is C14H21NO2S2. The van der Waals surface area contributed by atoms with Gasteiger partial charge in [0.15, 0.2) is 0 Å². The molecular weight excluding hydrogens is 278 g/mol. The van der Waals surface area contributed by atoms with Crippen LogP contribution in [-0.2, 0) is 10.4 Å². The van der Waals surface area contributed by atoms with E-state index in [0.29, 0.717) is 11.0 Å². The highest BCUT2D eigenvalue weighted by atomic mass is 32.2. The molecule has 5 heteroatoms. The van der Waals surface area contributed by atoms with Gasteiger partial charge in [-0.15, -0.1) is 23.1 Å². The van der Waals surface area contributed by atoms with Crippen LogP contribution in [0.3, 0.4) is 0 Å². The van der Waals surface area contributed by atoms with Crippen molar-refractivity contribution in [3.05, 3.63) is 22.4 Å². The molecule has 1 atom stereocenters. The zero-order valence-corrected chi connectivity index (χ0v) is 12.9. The van der Waals surface area contributed by atoms with Gasteiger partial charge >= 0.3 is 0 Å². The van der Waals surface area contributed by atoms with Crippen LogP contribution in [0.15, 0.2) is 17.5 Å². The molecule has 2 rings (SSSR count). The second-order valence-electron chi connectivity index (χ2n) is 5.25. The molecule has 1 saturated carbocycles. The number of carbonyl (C=O) groups excluding carboxylic acids is 1. The lowest BCUT2D eigenvalue weighted by atomic mass is 10.1. The molecule has 0 saturated heterocycles. The summed E-state index contributed by atoms with van der Waals surface area (Å²) in [6.07, 6.45) is 5.08. The van der Waals surface area contributed by atoms with E-state index in [2.05, 4.69) is 5.32 Å². The van der Waals surface area contributed by atoms with E-state index in [1.165, 1.54) is 37.0 Å². The van der Waals surface area contributed by atoms with Gasteiger partial charge in [0.05, 0.1) is 12.3 Å². The third-order valence-corrected chi connectivity index (χ3v) is 5.93. The maximum Gasteiger partial charge on any atom is 0.230 e. The number of rotatable bonds is 6. The highest BCUT2D eigenvalue weighted by Crippen LogP contribution is 2.29. The monoisotopic (exact) mass is 299 g/mol. The van der Waals surface area contributed by atoms with E-state index in [-0.39, 0.29) is 12.5 Å². The van der Waals surface area contributed by atoms with Gasteiger partial charge in [-0.1, -0.05) is 18.9 Å². The zero-order valence-electron chi connectivity index (χ0n) is 11.2. The highest BCUT2D eigenvalue weighted by Gasteiger charge is 2.25. The molecule has 106 valence electrons. The SMILES string of the molecule is C[C@](O)(CNC(=O)CSC1CCCC1)c1cccs1. The third kappa shape index (κ3) is 4.51. The molecule has 1 aromatic rings. The van der Waals surface area contributed by atoms with Crippen LogP contribution in [0.25, 0.3) is 0 Å². The molecule has 19 heavy (non-hydrogen) atoms. The third-order valence-electron chi connectivity index (χ3n) is 3.43. The Bertz CT molecular complexity index is 398.